The molecule has 1 N–H and O–H groups in total. The number of ether oxygens (including phenoxy) is 2. The predicted octanol–water partition coefficient (Wildman–Crippen LogP) is 4.38. The summed E-state index contributed by atoms with van der Waals surface area (Å²) >= 11 is 0. The third-order valence-corrected chi connectivity index (χ3v) is 4.95. The van der Waals surface area contributed by atoms with Crippen molar-refractivity contribution in [2.45, 2.75) is 33.3 Å². The molecule has 2 aromatic rings. The van der Waals surface area contributed by atoms with Crippen LogP contribution in [0, 0.1) is 12.8 Å². The molecule has 1 aliphatic heterocycles. The van der Waals surface area contributed by atoms with E-state index in [0.29, 0.717) is 37.7 Å². The van der Waals surface area contributed by atoms with Crippen molar-refractivity contribution in [1.29, 1.82) is 0 Å². The maximum Gasteiger partial charge on any atom is 0.409 e. The van der Waals surface area contributed by atoms with E-state index in [9.17, 15) is 9.59 Å². The van der Waals surface area contributed by atoms with Crippen LogP contribution in [0.5, 0.6) is 5.75 Å². The zero-order valence-corrected chi connectivity index (χ0v) is 17.0. The van der Waals surface area contributed by atoms with Gasteiger partial charge in [0.15, 0.2) is 0 Å². The van der Waals surface area contributed by atoms with Gasteiger partial charge in [-0.05, 0) is 49.9 Å². The Morgan fingerprint density at radius 3 is 2.72 bits per heavy atom. The van der Waals surface area contributed by atoms with Crippen molar-refractivity contribution in [3.05, 3.63) is 59.7 Å². The van der Waals surface area contributed by atoms with Crippen LogP contribution in [0.25, 0.3) is 0 Å². The van der Waals surface area contributed by atoms with Crippen molar-refractivity contribution in [2.75, 3.05) is 25.0 Å². The zero-order valence-electron chi connectivity index (χ0n) is 17.0. The molecule has 0 spiro atoms. The largest absolute Gasteiger partial charge is 0.487 e. The maximum atomic E-state index is 12.9. The molecule has 1 saturated heterocycles. The molecule has 1 atom stereocenters. The van der Waals surface area contributed by atoms with E-state index in [0.717, 1.165) is 24.0 Å². The molecule has 1 heterocycles. The van der Waals surface area contributed by atoms with E-state index in [1.54, 1.807) is 11.8 Å². The van der Waals surface area contributed by atoms with Crippen molar-refractivity contribution in [3.8, 4) is 5.75 Å². The number of nitrogens with zero attached hydrogens (tertiary/aromatic N) is 1. The molecule has 29 heavy (non-hydrogen) atoms. The molecular formula is C23H28N2O4. The third-order valence-electron chi connectivity index (χ3n) is 4.95. The van der Waals surface area contributed by atoms with Gasteiger partial charge in [-0.25, -0.2) is 4.79 Å². The van der Waals surface area contributed by atoms with Crippen molar-refractivity contribution < 1.29 is 19.1 Å². The number of piperidine rings is 1. The minimum Gasteiger partial charge on any atom is -0.487 e. The van der Waals surface area contributed by atoms with Gasteiger partial charge in [-0.15, -0.1) is 0 Å². The third kappa shape index (κ3) is 5.73. The van der Waals surface area contributed by atoms with Crippen LogP contribution in [0.2, 0.25) is 0 Å². The molecule has 0 bridgehead atoms. The Hall–Kier alpha value is -3.02. The Kier molecular flexibility index (Phi) is 7.11. The Morgan fingerprint density at radius 2 is 1.97 bits per heavy atom. The van der Waals surface area contributed by atoms with Gasteiger partial charge in [0.2, 0.25) is 5.91 Å². The number of carbonyl (C=O) groups is 2. The molecule has 2 aromatic carbocycles. The highest BCUT2D eigenvalue weighted by molar-refractivity contribution is 5.94. The van der Waals surface area contributed by atoms with Crippen molar-refractivity contribution in [2.24, 2.45) is 5.92 Å². The summed E-state index contributed by atoms with van der Waals surface area (Å²) in [6.07, 6.45) is 1.17. The van der Waals surface area contributed by atoms with Crippen LogP contribution in [0.4, 0.5) is 10.5 Å². The van der Waals surface area contributed by atoms with E-state index in [1.165, 1.54) is 0 Å². The number of hydrogen-bond donors (Lipinski definition) is 1. The minimum absolute atomic E-state index is 0.104. The highest BCUT2D eigenvalue weighted by Gasteiger charge is 2.29. The number of anilines is 1. The summed E-state index contributed by atoms with van der Waals surface area (Å²) in [7, 11) is 0. The second kappa shape index (κ2) is 9.96. The molecule has 0 aromatic heterocycles. The number of nitrogens with one attached hydrogen (secondary N) is 1. The van der Waals surface area contributed by atoms with E-state index >= 15 is 0 Å². The molecule has 0 saturated carbocycles. The fraction of sp³-hybridized carbons (Fsp3) is 0.391. The molecule has 1 aliphatic rings. The van der Waals surface area contributed by atoms with Crippen LogP contribution in [0.3, 0.4) is 0 Å². The van der Waals surface area contributed by atoms with Gasteiger partial charge in [-0.1, -0.05) is 36.4 Å². The standard InChI is InChI=1S/C23H28N2O4/c1-3-28-23(27)25-13-7-10-19(15-25)22(26)24-20-12-11-17(2)14-21(20)29-16-18-8-5-4-6-9-18/h4-6,8-9,11-12,14,19H,3,7,10,13,15-16H2,1-2H3,(H,24,26). The number of carbonyl (C=O) groups excluding carboxylic acids is 2. The molecule has 1 fully saturated rings. The molecular weight excluding hydrogens is 368 g/mol. The normalized spacial score (nSPS) is 16.2. The number of benzene rings is 2. The van der Waals surface area contributed by atoms with Gasteiger partial charge in [0, 0.05) is 13.1 Å². The Morgan fingerprint density at radius 1 is 1.17 bits per heavy atom. The van der Waals surface area contributed by atoms with Gasteiger partial charge < -0.3 is 19.7 Å². The Bertz CT molecular complexity index is 838. The fourth-order valence-corrected chi connectivity index (χ4v) is 3.39. The Labute approximate surface area is 171 Å². The first-order valence-corrected chi connectivity index (χ1v) is 10.1. The molecule has 0 radical (unpaired) electrons. The van der Waals surface area contributed by atoms with Gasteiger partial charge in [-0.3, -0.25) is 4.79 Å². The predicted molar refractivity (Wildman–Crippen MR) is 112 cm³/mol. The molecule has 2 amide bonds. The van der Waals surface area contributed by atoms with E-state index in [4.69, 9.17) is 9.47 Å². The first-order chi connectivity index (χ1) is 14.1. The van der Waals surface area contributed by atoms with Crippen molar-refractivity contribution in [3.63, 3.8) is 0 Å². The summed E-state index contributed by atoms with van der Waals surface area (Å²) in [5.41, 5.74) is 2.76. The lowest BCUT2D eigenvalue weighted by molar-refractivity contribution is -0.121. The van der Waals surface area contributed by atoms with Crippen LogP contribution in [0.15, 0.2) is 48.5 Å². The average Bonchev–Trinajstić information content (AvgIpc) is 2.75. The van der Waals surface area contributed by atoms with Gasteiger partial charge in [0.05, 0.1) is 18.2 Å². The summed E-state index contributed by atoms with van der Waals surface area (Å²) in [5, 5.41) is 2.99. The fourth-order valence-electron chi connectivity index (χ4n) is 3.39. The first-order valence-electron chi connectivity index (χ1n) is 10.1. The highest BCUT2D eigenvalue weighted by Crippen LogP contribution is 2.28. The van der Waals surface area contributed by atoms with Crippen molar-refractivity contribution >= 4 is 17.7 Å². The summed E-state index contributed by atoms with van der Waals surface area (Å²) < 4.78 is 11.1. The van der Waals surface area contributed by atoms with E-state index in [1.807, 2.05) is 55.5 Å². The zero-order chi connectivity index (χ0) is 20.6. The monoisotopic (exact) mass is 396 g/mol. The van der Waals surface area contributed by atoms with Gasteiger partial charge >= 0.3 is 6.09 Å². The SMILES string of the molecule is CCOC(=O)N1CCCC(C(=O)Nc2ccc(C)cc2OCc2ccccc2)C1. The first kappa shape index (κ1) is 20.7. The lowest BCUT2D eigenvalue weighted by Gasteiger charge is -2.31. The Balaban J connectivity index is 1.65. The minimum atomic E-state index is -0.354. The molecule has 6 nitrogen and oxygen atoms in total. The average molecular weight is 396 g/mol. The molecule has 6 heteroatoms. The number of rotatable bonds is 6. The van der Waals surface area contributed by atoms with Crippen LogP contribution in [0.1, 0.15) is 30.9 Å². The number of aryl methyl sites for hydroxylation is 1. The van der Waals surface area contributed by atoms with E-state index in [-0.39, 0.29) is 17.9 Å². The molecule has 3 rings (SSSR count). The van der Waals surface area contributed by atoms with Gasteiger partial charge in [0.25, 0.3) is 0 Å². The topological polar surface area (TPSA) is 67.9 Å². The van der Waals surface area contributed by atoms with Crippen molar-refractivity contribution in [1.82, 2.24) is 4.90 Å². The van der Waals surface area contributed by atoms with Gasteiger partial charge in [-0.2, -0.15) is 0 Å². The van der Waals surface area contributed by atoms with Gasteiger partial charge in [0.1, 0.15) is 12.4 Å². The number of hydrogen-bond acceptors (Lipinski definition) is 4. The number of likely N-dealkylation sites (tertiary alicyclic amines) is 1. The lowest BCUT2D eigenvalue weighted by Crippen LogP contribution is -2.44. The maximum absolute atomic E-state index is 12.9. The van der Waals surface area contributed by atoms with Crippen LogP contribution >= 0.6 is 0 Å². The van der Waals surface area contributed by atoms with Crippen LogP contribution in [-0.2, 0) is 16.1 Å². The molecule has 0 aliphatic carbocycles. The van der Waals surface area contributed by atoms with Crippen LogP contribution in [-0.4, -0.2) is 36.6 Å². The quantitative estimate of drug-likeness (QED) is 0.787. The second-order valence-corrected chi connectivity index (χ2v) is 7.25. The summed E-state index contributed by atoms with van der Waals surface area (Å²) in [6.45, 7) is 5.51. The number of amides is 2. The lowest BCUT2D eigenvalue weighted by atomic mass is 9.97. The van der Waals surface area contributed by atoms with Crippen LogP contribution < -0.4 is 10.1 Å². The summed E-state index contributed by atoms with van der Waals surface area (Å²) in [5.74, 6) is 0.268. The second-order valence-electron chi connectivity index (χ2n) is 7.25. The summed E-state index contributed by atoms with van der Waals surface area (Å²) in [4.78, 5) is 26.5. The van der Waals surface area contributed by atoms with E-state index in [2.05, 4.69) is 5.32 Å². The molecule has 154 valence electrons. The summed E-state index contributed by atoms with van der Waals surface area (Å²) in [6, 6.07) is 15.6. The molecule has 1 unspecified atom stereocenters. The smallest absolute Gasteiger partial charge is 0.409 e. The highest BCUT2D eigenvalue weighted by atomic mass is 16.6. The van der Waals surface area contributed by atoms with E-state index < -0.39 is 0 Å².